The Balaban J connectivity index is 1.49. The SMILES string of the molecule is COC(=O)NC1CCN(C=C2N=C(c3cccc4ccccc34)OC2=O)CC1. The molecule has 2 aromatic rings. The molecule has 1 fully saturated rings. The van der Waals surface area contributed by atoms with Gasteiger partial charge in [0.15, 0.2) is 5.70 Å². The number of nitrogens with zero attached hydrogens (tertiary/aromatic N) is 2. The molecule has 2 heterocycles. The van der Waals surface area contributed by atoms with E-state index in [4.69, 9.17) is 4.74 Å². The fourth-order valence-corrected chi connectivity index (χ4v) is 3.50. The summed E-state index contributed by atoms with van der Waals surface area (Å²) in [6.07, 6.45) is 2.87. The van der Waals surface area contributed by atoms with Crippen molar-refractivity contribution in [3.8, 4) is 0 Å². The molecule has 0 bridgehead atoms. The molecule has 4 rings (SSSR count). The van der Waals surface area contributed by atoms with Crippen LogP contribution in [0.4, 0.5) is 4.79 Å². The molecule has 0 radical (unpaired) electrons. The van der Waals surface area contributed by atoms with Crippen LogP contribution in [0.5, 0.6) is 0 Å². The van der Waals surface area contributed by atoms with Crippen LogP contribution in [0.1, 0.15) is 18.4 Å². The zero-order valence-corrected chi connectivity index (χ0v) is 15.6. The molecular formula is C21H21N3O4. The van der Waals surface area contributed by atoms with Gasteiger partial charge in [-0.05, 0) is 29.7 Å². The number of esters is 1. The van der Waals surface area contributed by atoms with Crippen LogP contribution < -0.4 is 5.32 Å². The van der Waals surface area contributed by atoms with Gasteiger partial charge in [-0.15, -0.1) is 0 Å². The average Bonchev–Trinajstić information content (AvgIpc) is 3.09. The Morgan fingerprint density at radius 3 is 2.75 bits per heavy atom. The Kier molecular flexibility index (Phi) is 4.97. The molecule has 0 aliphatic carbocycles. The maximum absolute atomic E-state index is 12.3. The molecule has 1 amide bonds. The van der Waals surface area contributed by atoms with Gasteiger partial charge >= 0.3 is 12.1 Å². The molecule has 7 heteroatoms. The normalized spacial score (nSPS) is 18.9. The summed E-state index contributed by atoms with van der Waals surface area (Å²) in [5.74, 6) is -0.118. The first-order valence-electron chi connectivity index (χ1n) is 9.23. The molecule has 0 atom stereocenters. The number of nitrogens with one attached hydrogen (secondary N) is 1. The molecule has 0 unspecified atom stereocenters. The van der Waals surface area contributed by atoms with E-state index in [0.717, 1.165) is 29.2 Å². The number of aliphatic imine (C=N–C) groups is 1. The molecule has 2 aliphatic heterocycles. The summed E-state index contributed by atoms with van der Waals surface area (Å²) in [5.41, 5.74) is 1.10. The highest BCUT2D eigenvalue weighted by atomic mass is 16.6. The van der Waals surface area contributed by atoms with E-state index in [-0.39, 0.29) is 6.04 Å². The van der Waals surface area contributed by atoms with Crippen molar-refractivity contribution in [3.63, 3.8) is 0 Å². The van der Waals surface area contributed by atoms with Gasteiger partial charge in [-0.2, -0.15) is 0 Å². The third-order valence-electron chi connectivity index (χ3n) is 4.98. The largest absolute Gasteiger partial charge is 0.453 e. The van der Waals surface area contributed by atoms with E-state index in [9.17, 15) is 9.59 Å². The number of hydrogen-bond acceptors (Lipinski definition) is 6. The predicted molar refractivity (Wildman–Crippen MR) is 105 cm³/mol. The van der Waals surface area contributed by atoms with Crippen molar-refractivity contribution in [1.82, 2.24) is 10.2 Å². The summed E-state index contributed by atoms with van der Waals surface area (Å²) in [4.78, 5) is 30.1. The highest BCUT2D eigenvalue weighted by Crippen LogP contribution is 2.24. The van der Waals surface area contributed by atoms with Crippen LogP contribution in [0.15, 0.2) is 59.4 Å². The third kappa shape index (κ3) is 3.69. The van der Waals surface area contributed by atoms with Crippen LogP contribution in [0.25, 0.3) is 10.8 Å². The fourth-order valence-electron chi connectivity index (χ4n) is 3.50. The highest BCUT2D eigenvalue weighted by Gasteiger charge is 2.27. The first-order valence-corrected chi connectivity index (χ1v) is 9.23. The van der Waals surface area contributed by atoms with E-state index in [2.05, 4.69) is 15.0 Å². The third-order valence-corrected chi connectivity index (χ3v) is 4.98. The molecule has 2 aliphatic rings. The number of piperidine rings is 1. The average molecular weight is 379 g/mol. The number of benzene rings is 2. The lowest BCUT2D eigenvalue weighted by atomic mass is 10.0. The smallest absolute Gasteiger partial charge is 0.407 e. The maximum Gasteiger partial charge on any atom is 0.407 e. The minimum Gasteiger partial charge on any atom is -0.453 e. The Hall–Kier alpha value is -3.35. The van der Waals surface area contributed by atoms with E-state index in [1.165, 1.54) is 7.11 Å². The summed E-state index contributed by atoms with van der Waals surface area (Å²) in [6, 6.07) is 13.8. The van der Waals surface area contributed by atoms with Crippen molar-refractivity contribution in [2.24, 2.45) is 4.99 Å². The second-order valence-corrected chi connectivity index (χ2v) is 6.79. The Morgan fingerprint density at radius 1 is 1.21 bits per heavy atom. The monoisotopic (exact) mass is 379 g/mol. The zero-order valence-electron chi connectivity index (χ0n) is 15.6. The second-order valence-electron chi connectivity index (χ2n) is 6.79. The van der Waals surface area contributed by atoms with E-state index >= 15 is 0 Å². The maximum atomic E-state index is 12.3. The number of ether oxygens (including phenoxy) is 2. The lowest BCUT2D eigenvalue weighted by Gasteiger charge is -2.31. The number of amides is 1. The van der Waals surface area contributed by atoms with Crippen LogP contribution >= 0.6 is 0 Å². The number of methoxy groups -OCH3 is 1. The van der Waals surface area contributed by atoms with Gasteiger partial charge < -0.3 is 19.7 Å². The number of fused-ring (bicyclic) bond motifs is 1. The van der Waals surface area contributed by atoms with Crippen molar-refractivity contribution in [2.75, 3.05) is 20.2 Å². The number of likely N-dealkylation sites (tertiary alicyclic amines) is 1. The molecule has 144 valence electrons. The van der Waals surface area contributed by atoms with E-state index in [0.29, 0.717) is 24.7 Å². The minimum atomic E-state index is -0.447. The van der Waals surface area contributed by atoms with Gasteiger partial charge in [0.25, 0.3) is 0 Å². The van der Waals surface area contributed by atoms with Gasteiger partial charge in [0.2, 0.25) is 5.90 Å². The molecule has 1 saturated heterocycles. The molecule has 0 spiro atoms. The van der Waals surface area contributed by atoms with Gasteiger partial charge in [-0.1, -0.05) is 36.4 Å². The zero-order chi connectivity index (χ0) is 19.5. The Bertz CT molecular complexity index is 969. The van der Waals surface area contributed by atoms with Crippen molar-refractivity contribution in [2.45, 2.75) is 18.9 Å². The van der Waals surface area contributed by atoms with Gasteiger partial charge in [0, 0.05) is 30.9 Å². The lowest BCUT2D eigenvalue weighted by Crippen LogP contribution is -2.43. The molecule has 1 N–H and O–H groups in total. The number of carbonyl (C=O) groups excluding carboxylic acids is 2. The number of cyclic esters (lactones) is 1. The van der Waals surface area contributed by atoms with Crippen molar-refractivity contribution in [1.29, 1.82) is 0 Å². The second kappa shape index (κ2) is 7.72. The van der Waals surface area contributed by atoms with E-state index in [1.54, 1.807) is 6.20 Å². The van der Waals surface area contributed by atoms with Crippen LogP contribution in [0.3, 0.4) is 0 Å². The van der Waals surface area contributed by atoms with Crippen LogP contribution in [0.2, 0.25) is 0 Å². The van der Waals surface area contributed by atoms with Crippen molar-refractivity contribution < 1.29 is 19.1 Å². The molecular weight excluding hydrogens is 358 g/mol. The Labute approximate surface area is 162 Å². The first kappa shape index (κ1) is 18.0. The Morgan fingerprint density at radius 2 is 1.96 bits per heavy atom. The number of hydrogen-bond donors (Lipinski definition) is 1. The summed E-state index contributed by atoms with van der Waals surface area (Å²) < 4.78 is 10.1. The molecule has 0 saturated carbocycles. The quantitative estimate of drug-likeness (QED) is 0.655. The van der Waals surface area contributed by atoms with Crippen molar-refractivity contribution in [3.05, 3.63) is 59.9 Å². The van der Waals surface area contributed by atoms with Crippen molar-refractivity contribution >= 4 is 28.7 Å². The van der Waals surface area contributed by atoms with Gasteiger partial charge in [0.05, 0.1) is 7.11 Å². The van der Waals surface area contributed by atoms with Crippen LogP contribution in [0, 0.1) is 0 Å². The molecule has 28 heavy (non-hydrogen) atoms. The number of carbonyl (C=O) groups is 2. The lowest BCUT2D eigenvalue weighted by molar-refractivity contribution is -0.130. The summed E-state index contributed by atoms with van der Waals surface area (Å²) in [7, 11) is 1.35. The predicted octanol–water partition coefficient (Wildman–Crippen LogP) is 2.81. The molecule has 0 aromatic heterocycles. The summed E-state index contributed by atoms with van der Waals surface area (Å²) in [6.45, 7) is 1.43. The number of alkyl carbamates (subject to hydrolysis) is 1. The van der Waals surface area contributed by atoms with Gasteiger partial charge in [0.1, 0.15) is 0 Å². The molecule has 7 nitrogen and oxygen atoms in total. The van der Waals surface area contributed by atoms with E-state index in [1.807, 2.05) is 47.4 Å². The summed E-state index contributed by atoms with van der Waals surface area (Å²) in [5, 5.41) is 4.87. The minimum absolute atomic E-state index is 0.0763. The van der Waals surface area contributed by atoms with Crippen LogP contribution in [-0.2, 0) is 14.3 Å². The number of rotatable bonds is 3. The van der Waals surface area contributed by atoms with Gasteiger partial charge in [-0.3, -0.25) is 0 Å². The molecule has 2 aromatic carbocycles. The summed E-state index contributed by atoms with van der Waals surface area (Å²) >= 11 is 0. The topological polar surface area (TPSA) is 80.2 Å². The first-order chi connectivity index (χ1) is 13.6. The standard InChI is InChI=1S/C21H21N3O4/c1-27-21(26)22-15-9-11-24(12-10-15)13-18-20(25)28-19(23-18)17-8-4-6-14-5-2-3-7-16(14)17/h2-8,13,15H,9-12H2,1H3,(H,22,26). The fraction of sp³-hybridized carbons (Fsp3) is 0.286. The van der Waals surface area contributed by atoms with E-state index < -0.39 is 12.1 Å². The van der Waals surface area contributed by atoms with Crippen LogP contribution in [-0.4, -0.2) is 49.1 Å². The van der Waals surface area contributed by atoms with Gasteiger partial charge in [-0.25, -0.2) is 14.6 Å². The highest BCUT2D eigenvalue weighted by molar-refractivity contribution is 6.16.